The van der Waals surface area contributed by atoms with Crippen molar-refractivity contribution in [3.63, 3.8) is 0 Å². The average Bonchev–Trinajstić information content (AvgIpc) is 2.32. The molecular formula is C14H9BrFN. The molecule has 0 saturated carbocycles. The van der Waals surface area contributed by atoms with Crippen LogP contribution in [0.2, 0.25) is 0 Å². The summed E-state index contributed by atoms with van der Waals surface area (Å²) in [4.78, 5) is 0. The Morgan fingerprint density at radius 3 is 2.47 bits per heavy atom. The molecule has 84 valence electrons. The molecule has 0 spiro atoms. The van der Waals surface area contributed by atoms with E-state index in [1.165, 1.54) is 12.1 Å². The lowest BCUT2D eigenvalue weighted by atomic mass is 10.1. The lowest BCUT2D eigenvalue weighted by Crippen LogP contribution is -1.88. The van der Waals surface area contributed by atoms with Gasteiger partial charge in [-0.3, -0.25) is 0 Å². The van der Waals surface area contributed by atoms with Crippen LogP contribution in [0.4, 0.5) is 10.1 Å². The molecular weight excluding hydrogens is 281 g/mol. The molecule has 0 aromatic heterocycles. The van der Waals surface area contributed by atoms with Crippen molar-refractivity contribution in [2.45, 2.75) is 0 Å². The van der Waals surface area contributed by atoms with Gasteiger partial charge in [0.05, 0.1) is 0 Å². The second-order valence-corrected chi connectivity index (χ2v) is 4.32. The van der Waals surface area contributed by atoms with E-state index >= 15 is 0 Å². The number of halogens is 2. The number of rotatable bonds is 0. The summed E-state index contributed by atoms with van der Waals surface area (Å²) in [5.74, 6) is 5.51. The Morgan fingerprint density at radius 2 is 1.71 bits per heavy atom. The topological polar surface area (TPSA) is 26.0 Å². The van der Waals surface area contributed by atoms with Crippen LogP contribution in [0.3, 0.4) is 0 Å². The maximum Gasteiger partial charge on any atom is 0.124 e. The van der Waals surface area contributed by atoms with Crippen molar-refractivity contribution in [1.82, 2.24) is 0 Å². The summed E-state index contributed by atoms with van der Waals surface area (Å²) in [6, 6.07) is 11.7. The lowest BCUT2D eigenvalue weighted by Gasteiger charge is -1.97. The number of para-hydroxylation sites is 1. The number of anilines is 1. The molecule has 2 rings (SSSR count). The van der Waals surface area contributed by atoms with Crippen LogP contribution in [0.1, 0.15) is 11.1 Å². The van der Waals surface area contributed by atoms with Gasteiger partial charge in [0.2, 0.25) is 0 Å². The van der Waals surface area contributed by atoms with Crippen LogP contribution in [0, 0.1) is 17.7 Å². The van der Waals surface area contributed by atoms with Crippen molar-refractivity contribution in [2.24, 2.45) is 0 Å². The van der Waals surface area contributed by atoms with Crippen LogP contribution < -0.4 is 5.73 Å². The molecule has 0 unspecified atom stereocenters. The summed E-state index contributed by atoms with van der Waals surface area (Å²) in [6.07, 6.45) is 0. The fourth-order valence-corrected chi connectivity index (χ4v) is 1.68. The van der Waals surface area contributed by atoms with Gasteiger partial charge in [0.1, 0.15) is 5.82 Å². The summed E-state index contributed by atoms with van der Waals surface area (Å²) in [5, 5.41) is 0. The van der Waals surface area contributed by atoms with Crippen LogP contribution >= 0.6 is 15.9 Å². The molecule has 0 saturated heterocycles. The van der Waals surface area contributed by atoms with Crippen molar-refractivity contribution in [3.05, 3.63) is 63.9 Å². The normalized spacial score (nSPS) is 9.53. The maximum absolute atomic E-state index is 13.0. The standard InChI is InChI=1S/C14H9BrFN/c15-13-8-7-12(16)9-11(13)6-5-10-3-1-2-4-14(10)17/h1-4,7-9H,17H2. The highest BCUT2D eigenvalue weighted by atomic mass is 79.9. The molecule has 1 nitrogen and oxygen atoms in total. The first-order valence-electron chi connectivity index (χ1n) is 4.98. The Morgan fingerprint density at radius 1 is 1.00 bits per heavy atom. The molecule has 0 bridgehead atoms. The Bertz CT molecular complexity index is 611. The van der Waals surface area contributed by atoms with Crippen molar-refractivity contribution in [3.8, 4) is 11.8 Å². The third-order valence-electron chi connectivity index (χ3n) is 2.22. The molecule has 0 aliphatic heterocycles. The van der Waals surface area contributed by atoms with E-state index in [0.29, 0.717) is 11.3 Å². The minimum atomic E-state index is -0.307. The van der Waals surface area contributed by atoms with E-state index in [0.717, 1.165) is 10.0 Å². The summed E-state index contributed by atoms with van der Waals surface area (Å²) in [5.41, 5.74) is 7.73. The van der Waals surface area contributed by atoms with Gasteiger partial charge in [0.25, 0.3) is 0 Å². The van der Waals surface area contributed by atoms with E-state index in [1.807, 2.05) is 18.2 Å². The zero-order chi connectivity index (χ0) is 12.3. The van der Waals surface area contributed by atoms with Gasteiger partial charge >= 0.3 is 0 Å². The van der Waals surface area contributed by atoms with E-state index in [2.05, 4.69) is 27.8 Å². The molecule has 2 aromatic carbocycles. The Labute approximate surface area is 108 Å². The molecule has 0 atom stereocenters. The molecule has 0 fully saturated rings. The zero-order valence-corrected chi connectivity index (χ0v) is 10.5. The molecule has 17 heavy (non-hydrogen) atoms. The molecule has 2 aromatic rings. The number of nitrogen functional groups attached to an aromatic ring is 1. The number of hydrogen-bond donors (Lipinski definition) is 1. The molecule has 0 aliphatic carbocycles. The van der Waals surface area contributed by atoms with Gasteiger partial charge < -0.3 is 5.73 Å². The highest BCUT2D eigenvalue weighted by Crippen LogP contribution is 2.17. The van der Waals surface area contributed by atoms with Crippen LogP contribution in [-0.2, 0) is 0 Å². The Hall–Kier alpha value is -1.79. The van der Waals surface area contributed by atoms with E-state index in [1.54, 1.807) is 12.1 Å². The molecule has 2 N–H and O–H groups in total. The molecule has 0 aliphatic rings. The number of nitrogens with two attached hydrogens (primary N) is 1. The smallest absolute Gasteiger partial charge is 0.124 e. The fraction of sp³-hybridized carbons (Fsp3) is 0. The molecule has 0 radical (unpaired) electrons. The van der Waals surface area contributed by atoms with Gasteiger partial charge in [-0.1, -0.05) is 24.0 Å². The maximum atomic E-state index is 13.0. The number of benzene rings is 2. The van der Waals surface area contributed by atoms with Gasteiger partial charge in [0.15, 0.2) is 0 Å². The molecule has 3 heteroatoms. The Balaban J connectivity index is 2.40. The zero-order valence-electron chi connectivity index (χ0n) is 8.87. The second-order valence-electron chi connectivity index (χ2n) is 3.46. The first-order valence-corrected chi connectivity index (χ1v) is 5.78. The van der Waals surface area contributed by atoms with E-state index < -0.39 is 0 Å². The first-order chi connectivity index (χ1) is 8.16. The minimum Gasteiger partial charge on any atom is -0.398 e. The molecule has 0 amide bonds. The average molecular weight is 290 g/mol. The summed E-state index contributed by atoms with van der Waals surface area (Å²) in [6.45, 7) is 0. The minimum absolute atomic E-state index is 0.307. The van der Waals surface area contributed by atoms with E-state index in [-0.39, 0.29) is 5.82 Å². The van der Waals surface area contributed by atoms with Crippen molar-refractivity contribution in [1.29, 1.82) is 0 Å². The van der Waals surface area contributed by atoms with Crippen LogP contribution in [0.25, 0.3) is 0 Å². The van der Waals surface area contributed by atoms with Crippen molar-refractivity contribution in [2.75, 3.05) is 5.73 Å². The van der Waals surface area contributed by atoms with Crippen molar-refractivity contribution >= 4 is 21.6 Å². The monoisotopic (exact) mass is 289 g/mol. The van der Waals surface area contributed by atoms with Crippen LogP contribution in [0.5, 0.6) is 0 Å². The summed E-state index contributed by atoms with van der Waals surface area (Å²) >= 11 is 3.32. The predicted octanol–water partition coefficient (Wildman–Crippen LogP) is 3.57. The third-order valence-corrected chi connectivity index (χ3v) is 2.91. The summed E-state index contributed by atoms with van der Waals surface area (Å²) in [7, 11) is 0. The SMILES string of the molecule is Nc1ccccc1C#Cc1cc(F)ccc1Br. The first kappa shape index (κ1) is 11.7. The second kappa shape index (κ2) is 5.03. The molecule has 0 heterocycles. The van der Waals surface area contributed by atoms with E-state index in [9.17, 15) is 4.39 Å². The predicted molar refractivity (Wildman–Crippen MR) is 70.9 cm³/mol. The summed E-state index contributed by atoms with van der Waals surface area (Å²) < 4.78 is 13.8. The highest BCUT2D eigenvalue weighted by molar-refractivity contribution is 9.10. The van der Waals surface area contributed by atoms with Gasteiger partial charge in [-0.2, -0.15) is 0 Å². The van der Waals surface area contributed by atoms with Crippen molar-refractivity contribution < 1.29 is 4.39 Å². The quantitative estimate of drug-likeness (QED) is 0.582. The van der Waals surface area contributed by atoms with Gasteiger partial charge in [-0.25, -0.2) is 4.39 Å². The largest absolute Gasteiger partial charge is 0.398 e. The number of hydrogen-bond acceptors (Lipinski definition) is 1. The van der Waals surface area contributed by atoms with E-state index in [4.69, 9.17) is 5.73 Å². The Kier molecular flexibility index (Phi) is 3.46. The lowest BCUT2D eigenvalue weighted by molar-refractivity contribution is 0.627. The fourth-order valence-electron chi connectivity index (χ4n) is 1.34. The van der Waals surface area contributed by atoms with Crippen LogP contribution in [0.15, 0.2) is 46.9 Å². The van der Waals surface area contributed by atoms with Crippen LogP contribution in [-0.4, -0.2) is 0 Å². The van der Waals surface area contributed by atoms with Gasteiger partial charge in [0, 0.05) is 21.3 Å². The van der Waals surface area contributed by atoms with Gasteiger partial charge in [-0.05, 0) is 46.3 Å². The third kappa shape index (κ3) is 2.86. The highest BCUT2D eigenvalue weighted by Gasteiger charge is 1.98. The van der Waals surface area contributed by atoms with Gasteiger partial charge in [-0.15, -0.1) is 0 Å².